The van der Waals surface area contributed by atoms with E-state index < -0.39 is 0 Å². The summed E-state index contributed by atoms with van der Waals surface area (Å²) in [6, 6.07) is 9.09. The predicted molar refractivity (Wildman–Crippen MR) is 60.6 cm³/mol. The number of fused-ring (bicyclic) bond motifs is 1. The lowest BCUT2D eigenvalue weighted by Crippen LogP contribution is -1.75. The maximum atomic E-state index is 2.32. The van der Waals surface area contributed by atoms with Gasteiger partial charge in [0.25, 0.3) is 0 Å². The van der Waals surface area contributed by atoms with E-state index in [0.717, 1.165) is 12.8 Å². The average Bonchev–Trinajstić information content (AvgIpc) is 2.58. The highest BCUT2D eigenvalue weighted by molar-refractivity contribution is 7.19. The Bertz CT molecular complexity index is 410. The van der Waals surface area contributed by atoms with Crippen LogP contribution < -0.4 is 0 Å². The molecule has 1 heteroatoms. The van der Waals surface area contributed by atoms with Crippen LogP contribution in [0, 0.1) is 0 Å². The summed E-state index contributed by atoms with van der Waals surface area (Å²) in [5, 5.41) is 1.40. The largest absolute Gasteiger partial charge is 0.140 e. The van der Waals surface area contributed by atoms with Crippen LogP contribution in [0.25, 0.3) is 10.1 Å². The molecule has 2 aromatic rings. The number of rotatable bonds is 2. The van der Waals surface area contributed by atoms with Gasteiger partial charge in [0.1, 0.15) is 0 Å². The molecule has 1 aromatic carbocycles. The fourth-order valence-electron chi connectivity index (χ4n) is 1.52. The van der Waals surface area contributed by atoms with Gasteiger partial charge in [-0.3, -0.25) is 0 Å². The van der Waals surface area contributed by atoms with Crippen LogP contribution in [0.4, 0.5) is 0 Å². The van der Waals surface area contributed by atoms with Crippen molar-refractivity contribution in [2.45, 2.75) is 26.7 Å². The number of hydrogen-bond acceptors (Lipinski definition) is 1. The zero-order chi connectivity index (χ0) is 9.26. The molecular formula is C12H14S. The Kier molecular flexibility index (Phi) is 2.36. The van der Waals surface area contributed by atoms with Gasteiger partial charge in [-0.25, -0.2) is 0 Å². The highest BCUT2D eigenvalue weighted by atomic mass is 32.1. The van der Waals surface area contributed by atoms with Crippen molar-refractivity contribution in [3.63, 3.8) is 0 Å². The smallest absolute Gasteiger partial charge is 0.0348 e. The molecule has 0 spiro atoms. The maximum Gasteiger partial charge on any atom is 0.0348 e. The summed E-state index contributed by atoms with van der Waals surface area (Å²) in [5.41, 5.74) is 1.44. The van der Waals surface area contributed by atoms with Gasteiger partial charge in [0.2, 0.25) is 0 Å². The lowest BCUT2D eigenvalue weighted by molar-refractivity contribution is 1.15. The number of thiophene rings is 1. The van der Waals surface area contributed by atoms with E-state index >= 15 is 0 Å². The van der Waals surface area contributed by atoms with Crippen LogP contribution in [0.5, 0.6) is 0 Å². The van der Waals surface area contributed by atoms with Gasteiger partial charge < -0.3 is 0 Å². The van der Waals surface area contributed by atoms with Gasteiger partial charge >= 0.3 is 0 Å². The van der Waals surface area contributed by atoms with Crippen molar-refractivity contribution < 1.29 is 0 Å². The molecule has 0 nitrogen and oxygen atoms in total. The van der Waals surface area contributed by atoms with E-state index in [4.69, 9.17) is 0 Å². The van der Waals surface area contributed by atoms with Crippen molar-refractivity contribution in [3.8, 4) is 0 Å². The minimum Gasteiger partial charge on any atom is -0.140 e. The van der Waals surface area contributed by atoms with E-state index in [2.05, 4.69) is 38.1 Å². The monoisotopic (exact) mass is 190 g/mol. The topological polar surface area (TPSA) is 0 Å². The van der Waals surface area contributed by atoms with Gasteiger partial charge in [0.15, 0.2) is 0 Å². The van der Waals surface area contributed by atoms with Crippen molar-refractivity contribution in [2.75, 3.05) is 0 Å². The minimum absolute atomic E-state index is 1.13. The molecule has 0 bridgehead atoms. The standard InChI is InChI=1S/C12H14S/c1-3-9-5-6-10-8-11(4-2)13-12(10)7-9/h5-8H,3-4H2,1-2H3. The number of benzene rings is 1. The number of aryl methyl sites for hydroxylation is 2. The minimum atomic E-state index is 1.13. The Morgan fingerprint density at radius 3 is 2.62 bits per heavy atom. The molecular weight excluding hydrogens is 176 g/mol. The molecule has 0 radical (unpaired) electrons. The highest BCUT2D eigenvalue weighted by Gasteiger charge is 2.00. The molecule has 2 rings (SSSR count). The highest BCUT2D eigenvalue weighted by Crippen LogP contribution is 2.26. The molecule has 0 saturated heterocycles. The quantitative estimate of drug-likeness (QED) is 0.670. The van der Waals surface area contributed by atoms with Gasteiger partial charge in [-0.1, -0.05) is 26.0 Å². The molecule has 0 N–H and O–H groups in total. The molecule has 0 aliphatic heterocycles. The summed E-state index contributed by atoms with van der Waals surface area (Å²) in [6.45, 7) is 4.42. The van der Waals surface area contributed by atoms with Crippen LogP contribution in [0.15, 0.2) is 24.3 Å². The van der Waals surface area contributed by atoms with E-state index in [-0.39, 0.29) is 0 Å². The first kappa shape index (κ1) is 8.76. The SMILES string of the molecule is CCc1ccc2cc(CC)sc2c1. The molecule has 0 aliphatic carbocycles. The lowest BCUT2D eigenvalue weighted by Gasteiger charge is -1.94. The fourth-order valence-corrected chi connectivity index (χ4v) is 2.59. The first-order valence-corrected chi connectivity index (χ1v) is 5.66. The first-order valence-electron chi connectivity index (χ1n) is 4.84. The van der Waals surface area contributed by atoms with Gasteiger partial charge in [-0.15, -0.1) is 11.3 Å². The van der Waals surface area contributed by atoms with Crippen molar-refractivity contribution in [1.29, 1.82) is 0 Å². The molecule has 1 heterocycles. The van der Waals surface area contributed by atoms with Crippen molar-refractivity contribution >= 4 is 21.4 Å². The van der Waals surface area contributed by atoms with E-state index in [1.54, 1.807) is 0 Å². The van der Waals surface area contributed by atoms with Crippen LogP contribution in [0.3, 0.4) is 0 Å². The summed E-state index contributed by atoms with van der Waals surface area (Å²) in [6.07, 6.45) is 2.29. The Labute approximate surface area is 83.2 Å². The maximum absolute atomic E-state index is 2.32. The van der Waals surface area contributed by atoms with Crippen molar-refractivity contribution in [3.05, 3.63) is 34.7 Å². The van der Waals surface area contributed by atoms with E-state index in [1.165, 1.54) is 20.5 Å². The Balaban J connectivity index is 2.57. The van der Waals surface area contributed by atoms with Gasteiger partial charge in [-0.2, -0.15) is 0 Å². The molecule has 1 aromatic heterocycles. The summed E-state index contributed by atoms with van der Waals surface area (Å²) in [4.78, 5) is 1.49. The van der Waals surface area contributed by atoms with Crippen LogP contribution in [-0.4, -0.2) is 0 Å². The van der Waals surface area contributed by atoms with Crippen molar-refractivity contribution in [1.82, 2.24) is 0 Å². The van der Waals surface area contributed by atoms with Crippen LogP contribution in [0.1, 0.15) is 24.3 Å². The Morgan fingerprint density at radius 1 is 1.08 bits per heavy atom. The van der Waals surface area contributed by atoms with E-state index in [1.807, 2.05) is 11.3 Å². The summed E-state index contributed by atoms with van der Waals surface area (Å²) >= 11 is 1.93. The van der Waals surface area contributed by atoms with Gasteiger partial charge in [-0.05, 0) is 35.9 Å². The Morgan fingerprint density at radius 2 is 1.92 bits per heavy atom. The summed E-state index contributed by atoms with van der Waals surface area (Å²) < 4.78 is 1.44. The zero-order valence-electron chi connectivity index (χ0n) is 8.13. The number of hydrogen-bond donors (Lipinski definition) is 0. The molecule has 0 unspecified atom stereocenters. The second-order valence-corrected chi connectivity index (χ2v) is 4.46. The van der Waals surface area contributed by atoms with Gasteiger partial charge in [0.05, 0.1) is 0 Å². The van der Waals surface area contributed by atoms with E-state index in [0.29, 0.717) is 0 Å². The summed E-state index contributed by atoms with van der Waals surface area (Å²) in [5.74, 6) is 0. The third kappa shape index (κ3) is 1.61. The zero-order valence-corrected chi connectivity index (χ0v) is 8.95. The molecule has 13 heavy (non-hydrogen) atoms. The van der Waals surface area contributed by atoms with Crippen LogP contribution in [-0.2, 0) is 12.8 Å². The normalized spacial score (nSPS) is 10.9. The second-order valence-electron chi connectivity index (χ2n) is 3.29. The molecule has 68 valence electrons. The van der Waals surface area contributed by atoms with E-state index in [9.17, 15) is 0 Å². The average molecular weight is 190 g/mol. The fraction of sp³-hybridized carbons (Fsp3) is 0.333. The lowest BCUT2D eigenvalue weighted by atomic mass is 10.1. The summed E-state index contributed by atoms with van der Waals surface area (Å²) in [7, 11) is 0. The van der Waals surface area contributed by atoms with Gasteiger partial charge in [0, 0.05) is 9.58 Å². The molecule has 0 atom stereocenters. The molecule has 0 saturated carbocycles. The van der Waals surface area contributed by atoms with Crippen LogP contribution in [0.2, 0.25) is 0 Å². The second kappa shape index (κ2) is 3.51. The van der Waals surface area contributed by atoms with Crippen LogP contribution >= 0.6 is 11.3 Å². The third-order valence-corrected chi connectivity index (χ3v) is 3.63. The predicted octanol–water partition coefficient (Wildman–Crippen LogP) is 4.03. The Hall–Kier alpha value is -0.820. The third-order valence-electron chi connectivity index (χ3n) is 2.39. The van der Waals surface area contributed by atoms with Crippen molar-refractivity contribution in [2.24, 2.45) is 0 Å². The first-order chi connectivity index (χ1) is 6.33. The molecule has 0 amide bonds. The molecule has 0 fully saturated rings. The molecule has 0 aliphatic rings.